The molecule has 0 fully saturated rings. The molecule has 6 N–H and O–H groups in total. The van der Waals surface area contributed by atoms with Gasteiger partial charge in [-0.15, -0.1) is 0 Å². The third-order valence-electron chi connectivity index (χ3n) is 3.45. The highest BCUT2D eigenvalue weighted by Gasteiger charge is 2.28. The van der Waals surface area contributed by atoms with E-state index in [1.165, 1.54) is 6.92 Å². The fourth-order valence-corrected chi connectivity index (χ4v) is 2.16. The minimum absolute atomic E-state index is 0.0992. The number of nitrogens with zero attached hydrogens (tertiary/aromatic N) is 2. The van der Waals surface area contributed by atoms with Crippen molar-refractivity contribution in [2.75, 3.05) is 0 Å². The van der Waals surface area contributed by atoms with E-state index in [0.29, 0.717) is 11.5 Å². The molecule has 2 aromatic rings. The molecule has 2 heterocycles. The fourth-order valence-electron chi connectivity index (χ4n) is 2.16. The quantitative estimate of drug-likeness (QED) is 0.407. The molecular weight excluding hydrogens is 362 g/mol. The third kappa shape index (κ3) is 5.28. The average molecular weight is 381 g/mol. The lowest BCUT2D eigenvalue weighted by molar-refractivity contribution is -0.141. The van der Waals surface area contributed by atoms with Gasteiger partial charge in [-0.2, -0.15) is 4.98 Å². The molecule has 12 nitrogen and oxygen atoms in total. The molecule has 0 saturated carbocycles. The topological polar surface area (TPSA) is 194 Å². The van der Waals surface area contributed by atoms with Gasteiger partial charge in [0, 0.05) is 0 Å². The Kier molecular flexibility index (Phi) is 6.13. The van der Waals surface area contributed by atoms with Crippen LogP contribution < -0.4 is 16.4 Å². The van der Waals surface area contributed by atoms with Crippen LogP contribution in [0.5, 0.6) is 0 Å². The van der Waals surface area contributed by atoms with Gasteiger partial charge in [0.2, 0.25) is 17.6 Å². The van der Waals surface area contributed by atoms with Gasteiger partial charge in [-0.25, -0.2) is 9.59 Å². The normalized spacial score (nSPS) is 14.2. The van der Waals surface area contributed by atoms with E-state index >= 15 is 0 Å². The maximum Gasteiger partial charge on any atom is 0.328 e. The maximum atomic E-state index is 12.1. The molecule has 27 heavy (non-hydrogen) atoms. The van der Waals surface area contributed by atoms with Gasteiger partial charge in [0.05, 0.1) is 12.5 Å². The van der Waals surface area contributed by atoms with Gasteiger partial charge in [-0.3, -0.25) is 4.79 Å². The number of aryl methyl sites for hydroxylation is 1. The molecule has 0 aliphatic rings. The molecule has 0 aliphatic heterocycles. The van der Waals surface area contributed by atoms with Gasteiger partial charge in [-0.05, 0) is 26.0 Å². The first-order valence-electron chi connectivity index (χ1n) is 7.84. The second-order valence-corrected chi connectivity index (χ2v) is 5.76. The Morgan fingerprint density at radius 1 is 1.30 bits per heavy atom. The number of primary amides is 1. The molecule has 2 aromatic heterocycles. The number of nitrogens with one attached hydrogen (secondary N) is 2. The van der Waals surface area contributed by atoms with E-state index in [2.05, 4.69) is 20.8 Å². The molecular formula is C15H19N5O7. The van der Waals surface area contributed by atoms with E-state index in [1.54, 1.807) is 19.1 Å². The van der Waals surface area contributed by atoms with Crippen molar-refractivity contribution >= 4 is 17.9 Å². The van der Waals surface area contributed by atoms with E-state index in [4.69, 9.17) is 19.8 Å². The smallest absolute Gasteiger partial charge is 0.328 e. The monoisotopic (exact) mass is 381 g/mol. The average Bonchev–Trinajstić information content (AvgIpc) is 3.19. The number of aliphatic hydroxyl groups is 1. The number of aliphatic hydroxyl groups excluding tert-OH is 1. The molecule has 0 bridgehead atoms. The van der Waals surface area contributed by atoms with Crippen LogP contribution in [0.3, 0.4) is 0 Å². The standard InChI is InChI=1S/C15H19N5O7/c1-6-3-4-9(26-6)12-19-13(27-20-12)8(5-10(16)22)17-15(25)18-11(7(2)21)14(23)24/h3-4,7-8,11,21H,5H2,1-2H3,(H2,16,22)(H,23,24)(H2,17,18,25)/t7?,8-,11?/m0/s1. The zero-order valence-electron chi connectivity index (χ0n) is 14.5. The second-order valence-electron chi connectivity index (χ2n) is 5.76. The number of nitrogens with two attached hydrogens (primary N) is 1. The minimum atomic E-state index is -1.55. The molecule has 0 aromatic carbocycles. The second kappa shape index (κ2) is 8.31. The molecule has 12 heteroatoms. The predicted octanol–water partition coefficient (Wildman–Crippen LogP) is -0.312. The molecule has 0 radical (unpaired) electrons. The Bertz CT molecular complexity index is 828. The highest BCUT2D eigenvalue weighted by atomic mass is 16.5. The van der Waals surface area contributed by atoms with E-state index in [0.717, 1.165) is 0 Å². The molecule has 2 rings (SSSR count). The van der Waals surface area contributed by atoms with Crippen molar-refractivity contribution in [2.24, 2.45) is 5.73 Å². The van der Waals surface area contributed by atoms with E-state index < -0.39 is 36.1 Å². The van der Waals surface area contributed by atoms with Crippen LogP contribution in [0.25, 0.3) is 11.6 Å². The van der Waals surface area contributed by atoms with Gasteiger partial charge in [0.1, 0.15) is 11.8 Å². The number of aromatic nitrogens is 2. The van der Waals surface area contributed by atoms with Crippen molar-refractivity contribution in [2.45, 2.75) is 38.5 Å². The van der Waals surface area contributed by atoms with Crippen LogP contribution in [-0.2, 0) is 9.59 Å². The van der Waals surface area contributed by atoms with Gasteiger partial charge in [0.25, 0.3) is 0 Å². The fraction of sp³-hybridized carbons (Fsp3) is 0.400. The zero-order chi connectivity index (χ0) is 20.1. The summed E-state index contributed by atoms with van der Waals surface area (Å²) in [6.07, 6.45) is -1.72. The highest BCUT2D eigenvalue weighted by Crippen LogP contribution is 2.22. The van der Waals surface area contributed by atoms with Crippen LogP contribution in [0.1, 0.15) is 31.0 Å². The van der Waals surface area contributed by atoms with Crippen molar-refractivity contribution in [3.63, 3.8) is 0 Å². The number of urea groups is 1. The Balaban J connectivity index is 2.15. The van der Waals surface area contributed by atoms with Crippen LogP contribution in [0, 0.1) is 6.92 Å². The first-order chi connectivity index (χ1) is 12.7. The van der Waals surface area contributed by atoms with Crippen molar-refractivity contribution < 1.29 is 33.5 Å². The summed E-state index contributed by atoms with van der Waals surface area (Å²) in [5.41, 5.74) is 5.17. The summed E-state index contributed by atoms with van der Waals surface area (Å²) in [6.45, 7) is 2.93. The zero-order valence-corrected chi connectivity index (χ0v) is 14.5. The van der Waals surface area contributed by atoms with Crippen LogP contribution >= 0.6 is 0 Å². The first kappa shape index (κ1) is 19.9. The molecule has 3 amide bonds. The Morgan fingerprint density at radius 3 is 2.52 bits per heavy atom. The summed E-state index contributed by atoms with van der Waals surface area (Å²) >= 11 is 0. The summed E-state index contributed by atoms with van der Waals surface area (Å²) in [5.74, 6) is -1.27. The van der Waals surface area contributed by atoms with Gasteiger partial charge in [0.15, 0.2) is 11.8 Å². The van der Waals surface area contributed by atoms with Gasteiger partial charge in [-0.1, -0.05) is 5.16 Å². The lowest BCUT2D eigenvalue weighted by atomic mass is 10.2. The summed E-state index contributed by atoms with van der Waals surface area (Å²) in [6, 6.07) is -0.317. The lowest BCUT2D eigenvalue weighted by Gasteiger charge is -2.19. The number of furan rings is 1. The molecule has 146 valence electrons. The first-order valence-corrected chi connectivity index (χ1v) is 7.84. The molecule has 3 atom stereocenters. The van der Waals surface area contributed by atoms with Crippen LogP contribution in [0.15, 0.2) is 21.1 Å². The Morgan fingerprint density at radius 2 is 2.00 bits per heavy atom. The number of carbonyl (C=O) groups excluding carboxylic acids is 2. The van der Waals surface area contributed by atoms with Crippen LogP contribution in [-0.4, -0.2) is 50.4 Å². The molecule has 0 saturated heterocycles. The number of carboxylic acid groups (broad SMARTS) is 1. The predicted molar refractivity (Wildman–Crippen MR) is 88.1 cm³/mol. The maximum absolute atomic E-state index is 12.1. The number of aliphatic carboxylic acids is 1. The molecule has 2 unspecified atom stereocenters. The van der Waals surface area contributed by atoms with Crippen LogP contribution in [0.4, 0.5) is 4.79 Å². The van der Waals surface area contributed by atoms with Crippen LogP contribution in [0.2, 0.25) is 0 Å². The number of hydrogen-bond acceptors (Lipinski definition) is 8. The summed E-state index contributed by atoms with van der Waals surface area (Å²) in [5, 5.41) is 26.5. The number of carbonyl (C=O) groups is 3. The Hall–Kier alpha value is -3.41. The van der Waals surface area contributed by atoms with Crippen molar-refractivity contribution in [3.05, 3.63) is 23.8 Å². The highest BCUT2D eigenvalue weighted by molar-refractivity contribution is 5.83. The number of carboxylic acids is 1. The summed E-state index contributed by atoms with van der Waals surface area (Å²) in [7, 11) is 0. The lowest BCUT2D eigenvalue weighted by Crippen LogP contribution is -2.52. The van der Waals surface area contributed by atoms with Gasteiger partial charge >= 0.3 is 12.0 Å². The number of rotatable bonds is 8. The largest absolute Gasteiger partial charge is 0.480 e. The van der Waals surface area contributed by atoms with Crippen molar-refractivity contribution in [3.8, 4) is 11.6 Å². The van der Waals surface area contributed by atoms with E-state index in [9.17, 15) is 19.5 Å². The Labute approximate surface area is 152 Å². The van der Waals surface area contributed by atoms with Crippen molar-refractivity contribution in [1.82, 2.24) is 20.8 Å². The number of hydrogen-bond donors (Lipinski definition) is 5. The summed E-state index contributed by atoms with van der Waals surface area (Å²) < 4.78 is 10.4. The molecule has 0 aliphatic carbocycles. The SMILES string of the molecule is Cc1ccc(-c2noc([C@H](CC(N)=O)NC(=O)NC(C(=O)O)C(C)O)n2)o1. The summed E-state index contributed by atoms with van der Waals surface area (Å²) in [4.78, 5) is 38.4. The minimum Gasteiger partial charge on any atom is -0.480 e. The molecule has 0 spiro atoms. The van der Waals surface area contributed by atoms with E-state index in [1.807, 2.05) is 0 Å². The van der Waals surface area contributed by atoms with E-state index in [-0.39, 0.29) is 18.1 Å². The van der Waals surface area contributed by atoms with Crippen molar-refractivity contribution in [1.29, 1.82) is 0 Å². The number of amides is 3. The third-order valence-corrected chi connectivity index (χ3v) is 3.45. The van der Waals surface area contributed by atoms with Gasteiger partial charge < -0.3 is 35.5 Å².